The minimum Gasteiger partial charge on any atom is -0.473 e. The van der Waals surface area contributed by atoms with Gasteiger partial charge in [-0.15, -0.1) is 0 Å². The maximum absolute atomic E-state index is 9.79. The first kappa shape index (κ1) is 25.7. The fraction of sp³-hybridized carbons (Fsp3) is 0.250. The molecule has 36 heavy (non-hydrogen) atoms. The first-order valence-corrected chi connectivity index (χ1v) is 12.2. The molecule has 2 N–H and O–H groups in total. The van der Waals surface area contributed by atoms with Crippen molar-refractivity contribution in [1.29, 1.82) is 0 Å². The van der Waals surface area contributed by atoms with Crippen LogP contribution in [0.4, 0.5) is 0 Å². The topological polar surface area (TPSA) is 77.8 Å². The molecule has 8 heteroatoms. The van der Waals surface area contributed by atoms with Crippen LogP contribution in [-0.2, 0) is 11.3 Å². The number of ether oxygens (including phenoxy) is 3. The van der Waals surface area contributed by atoms with Crippen LogP contribution in [0.25, 0.3) is 16.9 Å². The molecule has 0 aliphatic carbocycles. The minimum absolute atomic E-state index is 0.388. The van der Waals surface area contributed by atoms with Gasteiger partial charge in [0.1, 0.15) is 35.8 Å². The molecule has 0 aliphatic rings. The average molecular weight is 508 g/mol. The largest absolute Gasteiger partial charge is 0.473 e. The zero-order chi connectivity index (χ0) is 25.5. The third kappa shape index (κ3) is 6.44. The van der Waals surface area contributed by atoms with E-state index in [1.165, 1.54) is 0 Å². The summed E-state index contributed by atoms with van der Waals surface area (Å²) in [6.45, 7) is 4.62. The van der Waals surface area contributed by atoms with E-state index in [2.05, 4.69) is 5.32 Å². The highest BCUT2D eigenvalue weighted by Crippen LogP contribution is 2.27. The number of nitrogens with zero attached hydrogens (tertiary/aromatic N) is 2. The molecule has 1 aromatic heterocycles. The van der Waals surface area contributed by atoms with Crippen molar-refractivity contribution >= 4 is 11.6 Å². The molecule has 2 unspecified atom stereocenters. The average Bonchev–Trinajstić information content (AvgIpc) is 3.32. The first-order chi connectivity index (χ1) is 17.5. The number of imidazole rings is 1. The van der Waals surface area contributed by atoms with Crippen molar-refractivity contribution < 1.29 is 19.3 Å². The second-order valence-electron chi connectivity index (χ2n) is 8.19. The molecule has 0 radical (unpaired) electrons. The Hall–Kier alpha value is -3.36. The van der Waals surface area contributed by atoms with Gasteiger partial charge < -0.3 is 23.9 Å². The molecule has 0 aliphatic heterocycles. The molecule has 0 fully saturated rings. The van der Waals surface area contributed by atoms with Crippen LogP contribution in [0, 0.1) is 0 Å². The van der Waals surface area contributed by atoms with E-state index in [4.69, 9.17) is 30.8 Å². The minimum atomic E-state index is -0.644. The Morgan fingerprint density at radius 1 is 0.944 bits per heavy atom. The van der Waals surface area contributed by atoms with Crippen molar-refractivity contribution in [3.63, 3.8) is 0 Å². The summed E-state index contributed by atoms with van der Waals surface area (Å²) in [5, 5.41) is 13.4. The van der Waals surface area contributed by atoms with Gasteiger partial charge in [0.2, 0.25) is 0 Å². The monoisotopic (exact) mass is 507 g/mol. The summed E-state index contributed by atoms with van der Waals surface area (Å²) in [6, 6.07) is 22.7. The van der Waals surface area contributed by atoms with Crippen molar-refractivity contribution in [3.05, 3.63) is 89.8 Å². The Morgan fingerprint density at radius 2 is 1.56 bits per heavy atom. The molecular weight excluding hydrogens is 478 g/mol. The molecule has 0 spiro atoms. The van der Waals surface area contributed by atoms with E-state index in [0.717, 1.165) is 34.3 Å². The number of aliphatic hydroxyl groups is 1. The lowest BCUT2D eigenvalue weighted by atomic mass is 10.1. The van der Waals surface area contributed by atoms with Crippen LogP contribution >= 0.6 is 11.6 Å². The predicted molar refractivity (Wildman–Crippen MR) is 141 cm³/mol. The van der Waals surface area contributed by atoms with Crippen LogP contribution in [0.2, 0.25) is 5.02 Å². The number of halogens is 1. The van der Waals surface area contributed by atoms with Crippen molar-refractivity contribution in [2.75, 3.05) is 13.7 Å². The summed E-state index contributed by atoms with van der Waals surface area (Å²) in [7, 11) is 1.74. The molecule has 2 atom stereocenters. The lowest BCUT2D eigenvalue weighted by molar-refractivity contribution is 0.0321. The summed E-state index contributed by atoms with van der Waals surface area (Å²) in [6.07, 6.45) is 0.861. The van der Waals surface area contributed by atoms with E-state index in [1.807, 2.05) is 78.4 Å². The van der Waals surface area contributed by atoms with Crippen molar-refractivity contribution in [2.24, 2.45) is 0 Å². The maximum Gasteiger partial charge on any atom is 0.175 e. The Labute approximate surface area is 216 Å². The van der Waals surface area contributed by atoms with E-state index in [1.54, 1.807) is 26.1 Å². The van der Waals surface area contributed by atoms with E-state index >= 15 is 0 Å². The number of nitrogens with one attached hydrogen (secondary N) is 1. The fourth-order valence-corrected chi connectivity index (χ4v) is 3.77. The summed E-state index contributed by atoms with van der Waals surface area (Å²) < 4.78 is 19.4. The molecule has 0 amide bonds. The fourth-order valence-electron chi connectivity index (χ4n) is 3.64. The number of likely N-dealkylation sites (N-methyl/N-ethyl adjacent to an activating group) is 1. The van der Waals surface area contributed by atoms with E-state index in [-0.39, 0.29) is 0 Å². The molecule has 0 bridgehead atoms. The molecule has 4 rings (SSSR count). The lowest BCUT2D eigenvalue weighted by Gasteiger charge is -2.20. The molecule has 188 valence electrons. The van der Waals surface area contributed by atoms with Gasteiger partial charge in [0.05, 0.1) is 5.69 Å². The third-order valence-electron chi connectivity index (χ3n) is 5.51. The molecule has 0 saturated carbocycles. The molecule has 7 nitrogen and oxygen atoms in total. The van der Waals surface area contributed by atoms with Crippen LogP contribution in [0.15, 0.2) is 79.0 Å². The van der Waals surface area contributed by atoms with Gasteiger partial charge in [0.25, 0.3) is 0 Å². The van der Waals surface area contributed by atoms with Gasteiger partial charge in [-0.2, -0.15) is 0 Å². The number of hydrogen-bond donors (Lipinski definition) is 2. The molecule has 3 aromatic carbocycles. The van der Waals surface area contributed by atoms with Gasteiger partial charge >= 0.3 is 0 Å². The summed E-state index contributed by atoms with van der Waals surface area (Å²) in [5.74, 6) is 2.89. The summed E-state index contributed by atoms with van der Waals surface area (Å²) in [4.78, 5) is 4.83. The highest BCUT2D eigenvalue weighted by molar-refractivity contribution is 6.30. The second kappa shape index (κ2) is 12.1. The summed E-state index contributed by atoms with van der Waals surface area (Å²) in [5.41, 5.74) is 2.71. The standard InChI is InChI=1S/C28H30ClN3O4/c1-4-34-18-27-31-26(20-5-11-25(12-6-20)36-28(30-3)19(2)33)17-32(27)22-9-15-24(16-10-22)35-23-13-7-21(29)8-14-23/h5-17,19,28,30,33H,4,18H2,1-3H3. The zero-order valence-electron chi connectivity index (χ0n) is 20.5. The molecular formula is C28H30ClN3O4. The highest BCUT2D eigenvalue weighted by Gasteiger charge is 2.15. The van der Waals surface area contributed by atoms with Gasteiger partial charge in [-0.1, -0.05) is 11.6 Å². The maximum atomic E-state index is 9.79. The molecule has 0 saturated heterocycles. The Balaban J connectivity index is 1.55. The lowest BCUT2D eigenvalue weighted by Crippen LogP contribution is -2.40. The van der Waals surface area contributed by atoms with Gasteiger partial charge in [0, 0.05) is 29.1 Å². The van der Waals surface area contributed by atoms with E-state index in [9.17, 15) is 5.11 Å². The van der Waals surface area contributed by atoms with Gasteiger partial charge in [-0.05, 0) is 93.7 Å². The molecule has 4 aromatic rings. The van der Waals surface area contributed by atoms with E-state index < -0.39 is 12.3 Å². The van der Waals surface area contributed by atoms with Gasteiger partial charge in [-0.3, -0.25) is 5.32 Å². The Kier molecular flexibility index (Phi) is 8.61. The summed E-state index contributed by atoms with van der Waals surface area (Å²) >= 11 is 5.95. The van der Waals surface area contributed by atoms with Crippen LogP contribution in [0.3, 0.4) is 0 Å². The normalized spacial score (nSPS) is 12.8. The predicted octanol–water partition coefficient (Wildman–Crippen LogP) is 5.83. The van der Waals surface area contributed by atoms with Crippen molar-refractivity contribution in [2.45, 2.75) is 32.8 Å². The van der Waals surface area contributed by atoms with Gasteiger partial charge in [0.15, 0.2) is 6.23 Å². The number of aromatic nitrogens is 2. The SMILES string of the molecule is CCOCc1nc(-c2ccc(OC(NC)C(C)O)cc2)cn1-c1ccc(Oc2ccc(Cl)cc2)cc1. The van der Waals surface area contributed by atoms with E-state index in [0.29, 0.717) is 24.0 Å². The number of rotatable bonds is 11. The Morgan fingerprint density at radius 3 is 2.14 bits per heavy atom. The first-order valence-electron chi connectivity index (χ1n) is 11.8. The van der Waals surface area contributed by atoms with Crippen molar-refractivity contribution in [1.82, 2.24) is 14.9 Å². The number of hydrogen-bond acceptors (Lipinski definition) is 6. The number of benzene rings is 3. The quantitative estimate of drug-likeness (QED) is 0.249. The second-order valence-corrected chi connectivity index (χ2v) is 8.63. The van der Waals surface area contributed by atoms with Crippen molar-refractivity contribution in [3.8, 4) is 34.2 Å². The van der Waals surface area contributed by atoms with Crippen LogP contribution in [-0.4, -0.2) is 40.6 Å². The third-order valence-corrected chi connectivity index (χ3v) is 5.77. The Bertz CT molecular complexity index is 1240. The van der Waals surface area contributed by atoms with Crippen LogP contribution < -0.4 is 14.8 Å². The van der Waals surface area contributed by atoms with Gasteiger partial charge in [-0.25, -0.2) is 4.98 Å². The van der Waals surface area contributed by atoms with Crippen LogP contribution in [0.1, 0.15) is 19.7 Å². The highest BCUT2D eigenvalue weighted by atomic mass is 35.5. The van der Waals surface area contributed by atoms with Crippen LogP contribution in [0.5, 0.6) is 17.2 Å². The number of aliphatic hydroxyl groups excluding tert-OH is 1. The smallest absolute Gasteiger partial charge is 0.175 e. The zero-order valence-corrected chi connectivity index (χ0v) is 21.3. The molecule has 1 heterocycles.